The minimum absolute atomic E-state index is 0.122. The van der Waals surface area contributed by atoms with Crippen molar-refractivity contribution >= 4 is 5.91 Å². The molecule has 138 valence electrons. The van der Waals surface area contributed by atoms with Crippen LogP contribution in [0.3, 0.4) is 0 Å². The first-order chi connectivity index (χ1) is 13.1. The van der Waals surface area contributed by atoms with Gasteiger partial charge in [0.2, 0.25) is 0 Å². The summed E-state index contributed by atoms with van der Waals surface area (Å²) < 4.78 is 23.6. The predicted molar refractivity (Wildman–Crippen MR) is 97.8 cm³/mol. The molecule has 3 aromatic rings. The maximum atomic E-state index is 13.0. The number of aromatic nitrogens is 2. The van der Waals surface area contributed by atoms with Crippen molar-refractivity contribution in [2.24, 2.45) is 0 Å². The first kappa shape index (κ1) is 18.3. The lowest BCUT2D eigenvalue weighted by molar-refractivity contribution is -0.123. The number of rotatable bonds is 7. The van der Waals surface area contributed by atoms with E-state index in [4.69, 9.17) is 9.47 Å². The second-order valence-corrected chi connectivity index (χ2v) is 5.65. The maximum Gasteiger partial charge on any atom is 0.258 e. The zero-order valence-corrected chi connectivity index (χ0v) is 14.7. The van der Waals surface area contributed by atoms with Gasteiger partial charge >= 0.3 is 0 Å². The SMILES string of the molecule is COc1cccc(OCC(=O)NCc2cc(-c3ccc(F)cc3)ncn2)c1. The number of carbonyl (C=O) groups is 1. The van der Waals surface area contributed by atoms with Gasteiger partial charge in [-0.05, 0) is 42.5 Å². The zero-order chi connectivity index (χ0) is 19.1. The highest BCUT2D eigenvalue weighted by molar-refractivity contribution is 5.77. The molecule has 0 spiro atoms. The van der Waals surface area contributed by atoms with Gasteiger partial charge in [0, 0.05) is 11.6 Å². The lowest BCUT2D eigenvalue weighted by Gasteiger charge is -2.09. The van der Waals surface area contributed by atoms with Crippen LogP contribution in [0, 0.1) is 5.82 Å². The fourth-order valence-corrected chi connectivity index (χ4v) is 2.35. The molecule has 0 saturated heterocycles. The summed E-state index contributed by atoms with van der Waals surface area (Å²) >= 11 is 0. The van der Waals surface area contributed by atoms with Gasteiger partial charge in [-0.15, -0.1) is 0 Å². The van der Waals surface area contributed by atoms with Gasteiger partial charge < -0.3 is 14.8 Å². The van der Waals surface area contributed by atoms with Crippen molar-refractivity contribution in [2.45, 2.75) is 6.54 Å². The number of amides is 1. The normalized spacial score (nSPS) is 10.3. The molecule has 7 heteroatoms. The van der Waals surface area contributed by atoms with Crippen LogP contribution in [0.2, 0.25) is 0 Å². The molecule has 0 aliphatic carbocycles. The standard InChI is InChI=1S/C20H18FN3O3/c1-26-17-3-2-4-18(10-17)27-12-20(25)22-11-16-9-19(24-13-23-16)14-5-7-15(21)8-6-14/h2-10,13H,11-12H2,1H3,(H,22,25). The minimum atomic E-state index is -0.309. The molecule has 0 unspecified atom stereocenters. The summed E-state index contributed by atoms with van der Waals surface area (Å²) in [5.41, 5.74) is 2.06. The van der Waals surface area contributed by atoms with Gasteiger partial charge in [0.1, 0.15) is 23.6 Å². The van der Waals surface area contributed by atoms with E-state index in [2.05, 4.69) is 15.3 Å². The van der Waals surface area contributed by atoms with Crippen LogP contribution >= 0.6 is 0 Å². The van der Waals surface area contributed by atoms with E-state index in [-0.39, 0.29) is 24.9 Å². The number of benzene rings is 2. The summed E-state index contributed by atoms with van der Waals surface area (Å²) in [6.07, 6.45) is 1.41. The largest absolute Gasteiger partial charge is 0.497 e. The van der Waals surface area contributed by atoms with Crippen molar-refractivity contribution in [3.05, 3.63) is 72.4 Å². The molecule has 0 atom stereocenters. The lowest BCUT2D eigenvalue weighted by atomic mass is 10.1. The number of ether oxygens (including phenoxy) is 2. The quantitative estimate of drug-likeness (QED) is 0.695. The Hall–Kier alpha value is -3.48. The second kappa shape index (κ2) is 8.75. The van der Waals surface area contributed by atoms with Crippen LogP contribution in [-0.2, 0) is 11.3 Å². The van der Waals surface area contributed by atoms with Gasteiger partial charge in [0.15, 0.2) is 6.61 Å². The molecule has 0 radical (unpaired) electrons. The molecule has 6 nitrogen and oxygen atoms in total. The van der Waals surface area contributed by atoms with Crippen LogP contribution in [0.4, 0.5) is 4.39 Å². The number of carbonyl (C=O) groups excluding carboxylic acids is 1. The van der Waals surface area contributed by atoms with Gasteiger partial charge in [-0.25, -0.2) is 14.4 Å². The molecule has 0 fully saturated rings. The van der Waals surface area contributed by atoms with Gasteiger partial charge in [0.05, 0.1) is 25.0 Å². The lowest BCUT2D eigenvalue weighted by Crippen LogP contribution is -2.28. The highest BCUT2D eigenvalue weighted by Crippen LogP contribution is 2.19. The topological polar surface area (TPSA) is 73.3 Å². The van der Waals surface area contributed by atoms with E-state index in [1.54, 1.807) is 49.6 Å². The molecule has 0 aliphatic heterocycles. The Kier molecular flexibility index (Phi) is 5.94. The fourth-order valence-electron chi connectivity index (χ4n) is 2.35. The zero-order valence-electron chi connectivity index (χ0n) is 14.7. The molecule has 27 heavy (non-hydrogen) atoms. The molecular formula is C20H18FN3O3. The van der Waals surface area contributed by atoms with E-state index in [9.17, 15) is 9.18 Å². The fraction of sp³-hybridized carbons (Fsp3) is 0.150. The van der Waals surface area contributed by atoms with E-state index in [0.717, 1.165) is 5.56 Å². The second-order valence-electron chi connectivity index (χ2n) is 5.65. The molecule has 1 N–H and O–H groups in total. The van der Waals surface area contributed by atoms with Crippen molar-refractivity contribution in [3.63, 3.8) is 0 Å². The third-order valence-electron chi connectivity index (χ3n) is 3.74. The smallest absolute Gasteiger partial charge is 0.258 e. The summed E-state index contributed by atoms with van der Waals surface area (Å²) in [4.78, 5) is 20.3. The molecular weight excluding hydrogens is 349 g/mol. The van der Waals surface area contributed by atoms with Gasteiger partial charge in [0.25, 0.3) is 5.91 Å². The van der Waals surface area contributed by atoms with Crippen molar-refractivity contribution in [1.82, 2.24) is 15.3 Å². The van der Waals surface area contributed by atoms with Crippen molar-refractivity contribution in [1.29, 1.82) is 0 Å². The Morgan fingerprint density at radius 3 is 2.63 bits per heavy atom. The molecule has 1 amide bonds. The first-order valence-electron chi connectivity index (χ1n) is 8.24. The van der Waals surface area contributed by atoms with E-state index >= 15 is 0 Å². The third-order valence-corrected chi connectivity index (χ3v) is 3.74. The number of halogens is 1. The van der Waals surface area contributed by atoms with E-state index in [1.165, 1.54) is 18.5 Å². The van der Waals surface area contributed by atoms with Crippen LogP contribution < -0.4 is 14.8 Å². The average Bonchev–Trinajstić information content (AvgIpc) is 2.71. The Labute approximate surface area is 156 Å². The average molecular weight is 367 g/mol. The van der Waals surface area contributed by atoms with E-state index in [0.29, 0.717) is 22.9 Å². The highest BCUT2D eigenvalue weighted by Gasteiger charge is 2.06. The van der Waals surface area contributed by atoms with Crippen molar-refractivity contribution in [3.8, 4) is 22.8 Å². The summed E-state index contributed by atoms with van der Waals surface area (Å²) in [6.45, 7) is 0.111. The maximum absolute atomic E-state index is 13.0. The van der Waals surface area contributed by atoms with Crippen LogP contribution in [0.1, 0.15) is 5.69 Å². The molecule has 3 rings (SSSR count). The molecule has 2 aromatic carbocycles. The molecule has 1 aromatic heterocycles. The number of hydrogen-bond acceptors (Lipinski definition) is 5. The van der Waals surface area contributed by atoms with Gasteiger partial charge in [-0.1, -0.05) is 6.07 Å². The number of nitrogens with zero attached hydrogens (tertiary/aromatic N) is 2. The third kappa shape index (κ3) is 5.24. The van der Waals surface area contributed by atoms with Crippen LogP contribution in [0.15, 0.2) is 60.9 Å². The molecule has 0 aliphatic rings. The van der Waals surface area contributed by atoms with E-state index in [1.807, 2.05) is 0 Å². The molecule has 1 heterocycles. The van der Waals surface area contributed by atoms with Crippen molar-refractivity contribution in [2.75, 3.05) is 13.7 Å². The Balaban J connectivity index is 1.54. The molecule has 0 bridgehead atoms. The first-order valence-corrected chi connectivity index (χ1v) is 8.24. The Bertz CT molecular complexity index is 916. The van der Waals surface area contributed by atoms with Crippen LogP contribution in [0.25, 0.3) is 11.3 Å². The monoisotopic (exact) mass is 367 g/mol. The minimum Gasteiger partial charge on any atom is -0.497 e. The summed E-state index contributed by atoms with van der Waals surface area (Å²) in [5.74, 6) is 0.614. The Morgan fingerprint density at radius 1 is 1.07 bits per heavy atom. The van der Waals surface area contributed by atoms with Gasteiger partial charge in [-0.3, -0.25) is 4.79 Å². The number of hydrogen-bond donors (Lipinski definition) is 1. The Morgan fingerprint density at radius 2 is 1.85 bits per heavy atom. The summed E-state index contributed by atoms with van der Waals surface area (Å²) in [6, 6.07) is 14.8. The van der Waals surface area contributed by atoms with Crippen LogP contribution in [-0.4, -0.2) is 29.6 Å². The van der Waals surface area contributed by atoms with Crippen LogP contribution in [0.5, 0.6) is 11.5 Å². The van der Waals surface area contributed by atoms with Crippen molar-refractivity contribution < 1.29 is 18.7 Å². The van der Waals surface area contributed by atoms with Gasteiger partial charge in [-0.2, -0.15) is 0 Å². The summed E-state index contributed by atoms with van der Waals surface area (Å²) in [5, 5.41) is 2.74. The summed E-state index contributed by atoms with van der Waals surface area (Å²) in [7, 11) is 1.56. The number of nitrogens with one attached hydrogen (secondary N) is 1. The highest BCUT2D eigenvalue weighted by atomic mass is 19.1. The predicted octanol–water partition coefficient (Wildman–Crippen LogP) is 2.99. The number of methoxy groups -OCH3 is 1. The molecule has 0 saturated carbocycles. The van der Waals surface area contributed by atoms with E-state index < -0.39 is 0 Å².